The van der Waals surface area contributed by atoms with Gasteiger partial charge >= 0.3 is 0 Å². The van der Waals surface area contributed by atoms with Crippen molar-refractivity contribution in [3.05, 3.63) is 52.9 Å². The van der Waals surface area contributed by atoms with E-state index in [0.717, 1.165) is 0 Å². The second-order valence-corrected chi connectivity index (χ2v) is 5.55. The van der Waals surface area contributed by atoms with E-state index in [9.17, 15) is 9.18 Å². The van der Waals surface area contributed by atoms with Gasteiger partial charge in [-0.3, -0.25) is 20.2 Å². The third-order valence-corrected chi connectivity index (χ3v) is 3.39. The van der Waals surface area contributed by atoms with Crippen LogP contribution in [-0.4, -0.2) is 32.7 Å². The zero-order valence-corrected chi connectivity index (χ0v) is 13.7. The highest BCUT2D eigenvalue weighted by Gasteiger charge is 2.11. The van der Waals surface area contributed by atoms with Crippen LogP contribution in [-0.2, 0) is 4.79 Å². The standard InChI is InChI=1S/C15H11BrFN5O2/c16-9-4-5-12(10(17)7-9)24-8-13(23)19-15-20-14(21-22-15)11-3-1-2-6-18-11/h1-7H,8H2,(H2,19,20,21,22,23). The number of hydrogen-bond donors (Lipinski definition) is 2. The Kier molecular flexibility index (Phi) is 4.80. The van der Waals surface area contributed by atoms with Crippen molar-refractivity contribution in [2.45, 2.75) is 0 Å². The van der Waals surface area contributed by atoms with Crippen LogP contribution in [0.2, 0.25) is 0 Å². The van der Waals surface area contributed by atoms with Crippen molar-refractivity contribution in [3.63, 3.8) is 0 Å². The number of nitrogens with one attached hydrogen (secondary N) is 2. The number of ether oxygens (including phenoxy) is 1. The molecule has 1 amide bonds. The molecular formula is C15H11BrFN5O2. The predicted octanol–water partition coefficient (Wildman–Crippen LogP) is 2.79. The molecule has 0 unspecified atom stereocenters. The Morgan fingerprint density at radius 1 is 1.33 bits per heavy atom. The quantitative estimate of drug-likeness (QED) is 0.697. The number of hydrogen-bond acceptors (Lipinski definition) is 5. The monoisotopic (exact) mass is 391 g/mol. The first kappa shape index (κ1) is 16.1. The van der Waals surface area contributed by atoms with Crippen molar-refractivity contribution >= 4 is 27.8 Å². The lowest BCUT2D eigenvalue weighted by molar-refractivity contribution is -0.118. The highest BCUT2D eigenvalue weighted by molar-refractivity contribution is 9.10. The third-order valence-electron chi connectivity index (χ3n) is 2.90. The number of H-pyrrole nitrogens is 1. The molecule has 0 bridgehead atoms. The minimum absolute atomic E-state index is 0.0162. The van der Waals surface area contributed by atoms with E-state index in [4.69, 9.17) is 4.74 Å². The molecule has 0 aliphatic rings. The van der Waals surface area contributed by atoms with E-state index in [1.165, 1.54) is 12.1 Å². The summed E-state index contributed by atoms with van der Waals surface area (Å²) in [7, 11) is 0. The zero-order valence-electron chi connectivity index (χ0n) is 12.2. The van der Waals surface area contributed by atoms with Crippen LogP contribution < -0.4 is 10.1 Å². The summed E-state index contributed by atoms with van der Waals surface area (Å²) in [5, 5.41) is 9.00. The molecule has 7 nitrogen and oxygen atoms in total. The fourth-order valence-electron chi connectivity index (χ4n) is 1.83. The number of nitrogens with zero attached hydrogens (tertiary/aromatic N) is 3. The second-order valence-electron chi connectivity index (χ2n) is 4.63. The van der Waals surface area contributed by atoms with E-state index in [1.807, 2.05) is 6.07 Å². The maximum atomic E-state index is 13.6. The summed E-state index contributed by atoms with van der Waals surface area (Å²) in [5.74, 6) is -0.583. The van der Waals surface area contributed by atoms with Gasteiger partial charge in [-0.2, -0.15) is 4.98 Å². The van der Waals surface area contributed by atoms with Crippen LogP contribution in [0, 0.1) is 5.82 Å². The number of carbonyl (C=O) groups excluding carboxylic acids is 1. The summed E-state index contributed by atoms with van der Waals surface area (Å²) in [6, 6.07) is 9.64. The molecule has 0 aliphatic heterocycles. The second kappa shape index (κ2) is 7.18. The lowest BCUT2D eigenvalue weighted by Crippen LogP contribution is -2.21. The molecule has 122 valence electrons. The Labute approximate surface area is 144 Å². The molecule has 24 heavy (non-hydrogen) atoms. The maximum absolute atomic E-state index is 13.6. The van der Waals surface area contributed by atoms with Crippen molar-refractivity contribution in [1.82, 2.24) is 20.2 Å². The van der Waals surface area contributed by atoms with Crippen LogP contribution in [0.5, 0.6) is 5.75 Å². The van der Waals surface area contributed by atoms with Gasteiger partial charge in [0.05, 0.1) is 0 Å². The average molecular weight is 392 g/mol. The van der Waals surface area contributed by atoms with E-state index in [0.29, 0.717) is 16.0 Å². The number of halogens is 2. The lowest BCUT2D eigenvalue weighted by atomic mass is 10.3. The van der Waals surface area contributed by atoms with E-state index >= 15 is 0 Å². The zero-order chi connectivity index (χ0) is 16.9. The van der Waals surface area contributed by atoms with Gasteiger partial charge in [0.2, 0.25) is 5.95 Å². The molecule has 2 N–H and O–H groups in total. The largest absolute Gasteiger partial charge is 0.481 e. The molecule has 3 aromatic rings. The van der Waals surface area contributed by atoms with Crippen LogP contribution in [0.3, 0.4) is 0 Å². The van der Waals surface area contributed by atoms with Gasteiger partial charge < -0.3 is 4.74 Å². The number of aromatic amines is 1. The van der Waals surface area contributed by atoms with Gasteiger partial charge in [0.25, 0.3) is 5.91 Å². The van der Waals surface area contributed by atoms with Crippen molar-refractivity contribution < 1.29 is 13.9 Å². The molecule has 2 aromatic heterocycles. The number of benzene rings is 1. The summed E-state index contributed by atoms with van der Waals surface area (Å²) >= 11 is 3.14. The molecule has 0 radical (unpaired) electrons. The highest BCUT2D eigenvalue weighted by atomic mass is 79.9. The Morgan fingerprint density at radius 2 is 2.21 bits per heavy atom. The number of aromatic nitrogens is 4. The van der Waals surface area contributed by atoms with Gasteiger partial charge in [0, 0.05) is 10.7 Å². The Morgan fingerprint density at radius 3 is 2.96 bits per heavy atom. The SMILES string of the molecule is O=C(COc1ccc(Br)cc1F)Nc1n[nH]c(-c2ccccn2)n1. The van der Waals surface area contributed by atoms with Crippen LogP contribution in [0.15, 0.2) is 47.1 Å². The van der Waals surface area contributed by atoms with Crippen LogP contribution >= 0.6 is 15.9 Å². The summed E-state index contributed by atoms with van der Waals surface area (Å²) < 4.78 is 19.3. The lowest BCUT2D eigenvalue weighted by Gasteiger charge is -2.06. The van der Waals surface area contributed by atoms with E-state index in [2.05, 4.69) is 41.4 Å². The molecule has 0 spiro atoms. The fourth-order valence-corrected chi connectivity index (χ4v) is 2.16. The van der Waals surface area contributed by atoms with Crippen molar-refractivity contribution in [2.24, 2.45) is 0 Å². The molecule has 0 atom stereocenters. The predicted molar refractivity (Wildman–Crippen MR) is 87.8 cm³/mol. The van der Waals surface area contributed by atoms with Gasteiger partial charge in [-0.1, -0.05) is 22.0 Å². The molecule has 3 rings (SSSR count). The fraction of sp³-hybridized carbons (Fsp3) is 0.0667. The topological polar surface area (TPSA) is 92.8 Å². The summed E-state index contributed by atoms with van der Waals surface area (Å²) in [5.41, 5.74) is 0.596. The maximum Gasteiger partial charge on any atom is 0.264 e. The first-order valence-corrected chi connectivity index (χ1v) is 7.62. The van der Waals surface area contributed by atoms with E-state index in [1.54, 1.807) is 24.4 Å². The summed E-state index contributed by atoms with van der Waals surface area (Å²) in [4.78, 5) is 20.1. The molecule has 0 saturated carbocycles. The molecular weight excluding hydrogens is 381 g/mol. The first-order chi connectivity index (χ1) is 11.6. The number of anilines is 1. The Hall–Kier alpha value is -2.81. The van der Waals surface area contributed by atoms with Gasteiger partial charge in [-0.15, -0.1) is 5.10 Å². The average Bonchev–Trinajstić information content (AvgIpc) is 3.03. The third kappa shape index (κ3) is 3.93. The molecule has 0 aliphatic carbocycles. The Bertz CT molecular complexity index is 856. The van der Waals surface area contributed by atoms with E-state index in [-0.39, 0.29) is 18.3 Å². The van der Waals surface area contributed by atoms with Crippen LogP contribution in [0.4, 0.5) is 10.3 Å². The van der Waals surface area contributed by atoms with Crippen molar-refractivity contribution in [1.29, 1.82) is 0 Å². The minimum atomic E-state index is -0.562. The first-order valence-electron chi connectivity index (χ1n) is 6.83. The van der Waals surface area contributed by atoms with Crippen molar-refractivity contribution in [2.75, 3.05) is 11.9 Å². The number of pyridine rings is 1. The van der Waals surface area contributed by atoms with Crippen molar-refractivity contribution in [3.8, 4) is 17.3 Å². The summed E-state index contributed by atoms with van der Waals surface area (Å²) in [6.45, 7) is -0.369. The molecule has 9 heteroatoms. The number of carbonyl (C=O) groups is 1. The van der Waals surface area contributed by atoms with Gasteiger partial charge in [0.15, 0.2) is 24.0 Å². The molecule has 2 heterocycles. The molecule has 0 saturated heterocycles. The molecule has 1 aromatic carbocycles. The highest BCUT2D eigenvalue weighted by Crippen LogP contribution is 2.21. The molecule has 0 fully saturated rings. The van der Waals surface area contributed by atoms with Gasteiger partial charge in [0.1, 0.15) is 5.69 Å². The van der Waals surface area contributed by atoms with Gasteiger partial charge in [-0.25, -0.2) is 4.39 Å². The number of rotatable bonds is 5. The van der Waals surface area contributed by atoms with Crippen LogP contribution in [0.25, 0.3) is 11.5 Å². The van der Waals surface area contributed by atoms with Crippen LogP contribution in [0.1, 0.15) is 0 Å². The van der Waals surface area contributed by atoms with Gasteiger partial charge in [-0.05, 0) is 30.3 Å². The Balaban J connectivity index is 1.58. The summed E-state index contributed by atoms with van der Waals surface area (Å²) in [6.07, 6.45) is 1.62. The van der Waals surface area contributed by atoms with E-state index < -0.39 is 11.7 Å². The minimum Gasteiger partial charge on any atom is -0.481 e. The number of amides is 1. The normalized spacial score (nSPS) is 10.4. The smallest absolute Gasteiger partial charge is 0.264 e.